The summed E-state index contributed by atoms with van der Waals surface area (Å²) in [6.07, 6.45) is 0.483. The Kier molecular flexibility index (Phi) is 3.98. The summed E-state index contributed by atoms with van der Waals surface area (Å²) in [6.45, 7) is 1.34. The molecule has 2 rings (SSSR count). The Labute approximate surface area is 114 Å². The average Bonchev–Trinajstić information content (AvgIpc) is 2.30. The minimum absolute atomic E-state index is 0.000939. The van der Waals surface area contributed by atoms with E-state index < -0.39 is 0 Å². The van der Waals surface area contributed by atoms with Crippen LogP contribution < -0.4 is 9.64 Å². The molecule has 1 aliphatic rings. The summed E-state index contributed by atoms with van der Waals surface area (Å²) >= 11 is 6.66. The maximum absolute atomic E-state index is 11.8. The molecule has 1 fully saturated rings. The van der Waals surface area contributed by atoms with Crippen molar-refractivity contribution in [2.75, 3.05) is 10.7 Å². The lowest BCUT2D eigenvalue weighted by atomic mass is 10.2. The molecule has 0 atom stereocenters. The molecule has 6 heteroatoms. The summed E-state index contributed by atoms with van der Waals surface area (Å²) in [5, 5.41) is 0. The third kappa shape index (κ3) is 2.88. The Hall–Kier alpha value is -1.40. The molecule has 94 valence electrons. The van der Waals surface area contributed by atoms with Gasteiger partial charge in [0.25, 0.3) is 0 Å². The quantitative estimate of drug-likeness (QED) is 0.473. The lowest BCUT2D eigenvalue weighted by Gasteiger charge is -2.26. The normalized spacial score (nSPS) is 15.7. The molecule has 0 spiro atoms. The largest absolute Gasteiger partial charge is 0.427 e. The molecule has 0 unspecified atom stereocenters. The van der Waals surface area contributed by atoms with Gasteiger partial charge in [-0.3, -0.25) is 14.5 Å². The van der Waals surface area contributed by atoms with Gasteiger partial charge in [-0.05, 0) is 24.3 Å². The van der Waals surface area contributed by atoms with Crippen LogP contribution >= 0.6 is 24.0 Å². The highest BCUT2D eigenvalue weighted by Gasteiger charge is 2.25. The van der Waals surface area contributed by atoms with E-state index in [0.717, 1.165) is 5.75 Å². The van der Waals surface area contributed by atoms with Crippen molar-refractivity contribution in [3.05, 3.63) is 24.3 Å². The summed E-state index contributed by atoms with van der Waals surface area (Å²) in [7, 11) is 0. The van der Waals surface area contributed by atoms with Gasteiger partial charge in [-0.25, -0.2) is 0 Å². The number of carbonyl (C=O) groups excluding carboxylic acids is 2. The predicted octanol–water partition coefficient (Wildman–Crippen LogP) is 2.37. The lowest BCUT2D eigenvalue weighted by Crippen LogP contribution is -2.37. The number of benzene rings is 1. The molecule has 0 saturated carbocycles. The Morgan fingerprint density at radius 2 is 2.06 bits per heavy atom. The van der Waals surface area contributed by atoms with Crippen molar-refractivity contribution in [3.63, 3.8) is 0 Å². The highest BCUT2D eigenvalue weighted by molar-refractivity contribution is 8.23. The van der Waals surface area contributed by atoms with E-state index in [1.165, 1.54) is 23.6 Å². The van der Waals surface area contributed by atoms with Crippen molar-refractivity contribution in [1.82, 2.24) is 0 Å². The first-order chi connectivity index (χ1) is 8.58. The second-order valence-corrected chi connectivity index (χ2v) is 5.41. The average molecular weight is 281 g/mol. The van der Waals surface area contributed by atoms with Crippen LogP contribution in [0.25, 0.3) is 0 Å². The van der Waals surface area contributed by atoms with Crippen LogP contribution in [0.4, 0.5) is 5.69 Å². The fourth-order valence-electron chi connectivity index (χ4n) is 1.58. The molecule has 1 aromatic rings. The number of nitrogens with zero attached hydrogens (tertiary/aromatic N) is 1. The Balaban J connectivity index is 2.20. The Bertz CT molecular complexity index is 483. The van der Waals surface area contributed by atoms with E-state index in [4.69, 9.17) is 17.0 Å². The lowest BCUT2D eigenvalue weighted by molar-refractivity contribution is -0.131. The van der Waals surface area contributed by atoms with E-state index in [0.29, 0.717) is 22.2 Å². The van der Waals surface area contributed by atoms with Crippen LogP contribution in [0.5, 0.6) is 5.75 Å². The van der Waals surface area contributed by atoms with Gasteiger partial charge in [-0.1, -0.05) is 24.0 Å². The van der Waals surface area contributed by atoms with Crippen molar-refractivity contribution in [3.8, 4) is 5.75 Å². The van der Waals surface area contributed by atoms with Crippen LogP contribution in [0.2, 0.25) is 0 Å². The molecule has 1 amide bonds. The van der Waals surface area contributed by atoms with Gasteiger partial charge in [0, 0.05) is 19.1 Å². The van der Waals surface area contributed by atoms with Crippen molar-refractivity contribution in [2.24, 2.45) is 0 Å². The second kappa shape index (κ2) is 5.49. The number of carbonyl (C=O) groups is 2. The van der Waals surface area contributed by atoms with E-state index in [-0.39, 0.29) is 11.9 Å². The minimum Gasteiger partial charge on any atom is -0.427 e. The second-order valence-electron chi connectivity index (χ2n) is 3.68. The molecule has 1 heterocycles. The number of rotatable bonds is 2. The molecule has 0 radical (unpaired) electrons. The number of hydrogen-bond donors (Lipinski definition) is 0. The monoisotopic (exact) mass is 281 g/mol. The van der Waals surface area contributed by atoms with E-state index in [9.17, 15) is 9.59 Å². The van der Waals surface area contributed by atoms with Gasteiger partial charge in [0.15, 0.2) is 0 Å². The van der Waals surface area contributed by atoms with Crippen molar-refractivity contribution in [2.45, 2.75) is 13.3 Å². The Morgan fingerprint density at radius 3 is 2.61 bits per heavy atom. The summed E-state index contributed by atoms with van der Waals surface area (Å²) < 4.78 is 5.49. The highest BCUT2D eigenvalue weighted by Crippen LogP contribution is 2.27. The topological polar surface area (TPSA) is 46.6 Å². The number of thioether (sulfide) groups is 1. The SMILES string of the molecule is CC(=O)Oc1ccc(N2C(=O)CCSC2=S)cc1. The summed E-state index contributed by atoms with van der Waals surface area (Å²) in [5.41, 5.74) is 0.702. The van der Waals surface area contributed by atoms with E-state index in [2.05, 4.69) is 0 Å². The molecule has 1 aliphatic heterocycles. The van der Waals surface area contributed by atoms with Crippen molar-refractivity contribution < 1.29 is 14.3 Å². The fraction of sp³-hybridized carbons (Fsp3) is 0.250. The number of thiocarbonyl (C=S) groups is 1. The fourth-order valence-corrected chi connectivity index (χ4v) is 2.83. The number of hydrogen-bond acceptors (Lipinski definition) is 5. The van der Waals surface area contributed by atoms with Gasteiger partial charge < -0.3 is 4.74 Å². The number of anilines is 1. The molecule has 0 aromatic heterocycles. The first kappa shape index (κ1) is 13.0. The van der Waals surface area contributed by atoms with Crippen molar-refractivity contribution in [1.29, 1.82) is 0 Å². The van der Waals surface area contributed by atoms with Gasteiger partial charge in [0.05, 0.1) is 5.69 Å². The van der Waals surface area contributed by atoms with Crippen LogP contribution in [-0.2, 0) is 9.59 Å². The number of esters is 1. The third-order valence-electron chi connectivity index (χ3n) is 2.33. The molecule has 1 saturated heterocycles. The molecule has 0 N–H and O–H groups in total. The maximum Gasteiger partial charge on any atom is 0.308 e. The van der Waals surface area contributed by atoms with E-state index >= 15 is 0 Å². The zero-order chi connectivity index (χ0) is 13.1. The summed E-state index contributed by atoms with van der Waals surface area (Å²) in [4.78, 5) is 24.1. The van der Waals surface area contributed by atoms with Gasteiger partial charge in [0.1, 0.15) is 10.1 Å². The van der Waals surface area contributed by atoms with Crippen LogP contribution in [0, 0.1) is 0 Å². The number of amides is 1. The maximum atomic E-state index is 11.8. The predicted molar refractivity (Wildman–Crippen MR) is 74.9 cm³/mol. The van der Waals surface area contributed by atoms with Crippen LogP contribution in [0.15, 0.2) is 24.3 Å². The first-order valence-corrected chi connectivity index (χ1v) is 6.75. The Morgan fingerprint density at radius 1 is 1.39 bits per heavy atom. The van der Waals surface area contributed by atoms with Gasteiger partial charge in [-0.15, -0.1) is 0 Å². The molecular weight excluding hydrogens is 270 g/mol. The zero-order valence-corrected chi connectivity index (χ0v) is 11.3. The third-order valence-corrected chi connectivity index (χ3v) is 3.70. The molecule has 18 heavy (non-hydrogen) atoms. The molecule has 0 bridgehead atoms. The van der Waals surface area contributed by atoms with Gasteiger partial charge in [0.2, 0.25) is 5.91 Å². The van der Waals surface area contributed by atoms with Crippen LogP contribution in [0.3, 0.4) is 0 Å². The molecular formula is C12H11NO3S2. The smallest absolute Gasteiger partial charge is 0.308 e. The molecule has 0 aliphatic carbocycles. The molecule has 4 nitrogen and oxygen atoms in total. The van der Waals surface area contributed by atoms with Gasteiger partial charge in [-0.2, -0.15) is 0 Å². The van der Waals surface area contributed by atoms with Gasteiger partial charge >= 0.3 is 5.97 Å². The van der Waals surface area contributed by atoms with E-state index in [1.807, 2.05) is 0 Å². The summed E-state index contributed by atoms with van der Waals surface area (Å²) in [6, 6.07) is 6.72. The number of ether oxygens (including phenoxy) is 1. The minimum atomic E-state index is -0.372. The van der Waals surface area contributed by atoms with Crippen molar-refractivity contribution >= 4 is 45.9 Å². The van der Waals surface area contributed by atoms with E-state index in [1.54, 1.807) is 24.3 Å². The molecule has 1 aromatic carbocycles. The van der Waals surface area contributed by atoms with Crippen LogP contribution in [-0.4, -0.2) is 21.9 Å². The zero-order valence-electron chi connectivity index (χ0n) is 9.71. The van der Waals surface area contributed by atoms with Crippen LogP contribution in [0.1, 0.15) is 13.3 Å². The standard InChI is InChI=1S/C12H11NO3S2/c1-8(14)16-10-4-2-9(3-5-10)13-11(15)6-7-18-12(13)17/h2-5H,6-7H2,1H3. The first-order valence-electron chi connectivity index (χ1n) is 5.36. The highest BCUT2D eigenvalue weighted by atomic mass is 32.2. The summed E-state index contributed by atoms with van der Waals surface area (Å²) in [5.74, 6) is 0.816.